The van der Waals surface area contributed by atoms with Gasteiger partial charge in [-0.15, -0.1) is 0 Å². The summed E-state index contributed by atoms with van der Waals surface area (Å²) >= 11 is 5.94. The van der Waals surface area contributed by atoms with Crippen molar-refractivity contribution in [1.29, 1.82) is 0 Å². The van der Waals surface area contributed by atoms with Crippen molar-refractivity contribution in [3.8, 4) is 0 Å². The lowest BCUT2D eigenvalue weighted by molar-refractivity contribution is -0.133. The molecule has 2 atom stereocenters. The van der Waals surface area contributed by atoms with E-state index in [0.717, 1.165) is 51.7 Å². The number of rotatable bonds is 6. The molecule has 1 amide bonds. The van der Waals surface area contributed by atoms with Crippen molar-refractivity contribution in [1.82, 2.24) is 20.2 Å². The summed E-state index contributed by atoms with van der Waals surface area (Å²) in [6.45, 7) is 5.48. The van der Waals surface area contributed by atoms with Crippen LogP contribution >= 0.6 is 11.6 Å². The fraction of sp³-hybridized carbons (Fsp3) is 0.607. The van der Waals surface area contributed by atoms with Crippen molar-refractivity contribution in [2.45, 2.75) is 69.7 Å². The summed E-state index contributed by atoms with van der Waals surface area (Å²) in [4.78, 5) is 27.1. The van der Waals surface area contributed by atoms with E-state index in [1.807, 2.05) is 4.90 Å². The Bertz CT molecular complexity index is 1060. The Balaban J connectivity index is 0.00000156. The van der Waals surface area contributed by atoms with E-state index < -0.39 is 11.7 Å². The van der Waals surface area contributed by atoms with Gasteiger partial charge in [0.05, 0.1) is 10.9 Å². The first kappa shape index (κ1) is 27.7. The second kappa shape index (κ2) is 13.0. The van der Waals surface area contributed by atoms with E-state index in [1.54, 1.807) is 18.5 Å². The summed E-state index contributed by atoms with van der Waals surface area (Å²) < 4.78 is 14.3. The smallest absolute Gasteiger partial charge is 0.231 e. The van der Waals surface area contributed by atoms with Crippen molar-refractivity contribution in [3.05, 3.63) is 52.2 Å². The predicted octanol–water partition coefficient (Wildman–Crippen LogP) is 4.28. The van der Waals surface area contributed by atoms with Crippen molar-refractivity contribution in [2.24, 2.45) is 0 Å². The molecule has 1 saturated carbocycles. The zero-order valence-corrected chi connectivity index (χ0v) is 22.7. The van der Waals surface area contributed by atoms with Gasteiger partial charge in [-0.1, -0.05) is 43.9 Å². The molecule has 1 saturated heterocycles. The highest BCUT2D eigenvalue weighted by atomic mass is 35.5. The van der Waals surface area contributed by atoms with Crippen LogP contribution in [0.4, 0.5) is 10.2 Å². The Hall–Kier alpha value is -2.29. The van der Waals surface area contributed by atoms with Gasteiger partial charge in [-0.05, 0) is 49.3 Å². The molecular formula is C28H39ClFN5O2. The minimum Gasteiger partial charge on any atom is -0.400 e. The number of hydrogen-bond acceptors (Lipinski definition) is 6. The topological polar surface area (TPSA) is 81.6 Å². The number of aryl methyl sites for hydroxylation is 1. The summed E-state index contributed by atoms with van der Waals surface area (Å²) in [5.74, 6) is 0.643. The Labute approximate surface area is 224 Å². The van der Waals surface area contributed by atoms with Crippen molar-refractivity contribution >= 4 is 23.3 Å². The number of carbonyl (C=O) groups is 1. The van der Waals surface area contributed by atoms with Crippen LogP contribution in [0.1, 0.15) is 74.1 Å². The molecule has 3 aliphatic rings. The predicted molar refractivity (Wildman–Crippen MR) is 145 cm³/mol. The Kier molecular flexibility index (Phi) is 9.73. The van der Waals surface area contributed by atoms with Crippen LogP contribution in [0.2, 0.25) is 5.02 Å². The fourth-order valence-corrected chi connectivity index (χ4v) is 6.02. The van der Waals surface area contributed by atoms with Gasteiger partial charge < -0.3 is 20.2 Å². The average molecular weight is 532 g/mol. The first-order chi connectivity index (χ1) is 18.0. The quantitative estimate of drug-likeness (QED) is 0.579. The lowest BCUT2D eigenvalue weighted by Crippen LogP contribution is -2.51. The van der Waals surface area contributed by atoms with Gasteiger partial charge in [0.2, 0.25) is 5.91 Å². The van der Waals surface area contributed by atoms with Crippen molar-refractivity contribution in [2.75, 3.05) is 44.7 Å². The summed E-state index contributed by atoms with van der Waals surface area (Å²) in [6, 6.07) is 5.20. The number of amides is 1. The van der Waals surface area contributed by atoms with Gasteiger partial charge in [-0.3, -0.25) is 4.79 Å². The zero-order chi connectivity index (χ0) is 26.4. The number of aliphatic hydroxyl groups excluding tert-OH is 1. The maximum absolute atomic E-state index is 14.3. The number of hydrogen-bond donors (Lipinski definition) is 2. The third kappa shape index (κ3) is 6.41. The molecule has 2 heterocycles. The van der Waals surface area contributed by atoms with E-state index in [-0.39, 0.29) is 10.9 Å². The van der Waals surface area contributed by atoms with Gasteiger partial charge >= 0.3 is 0 Å². The number of halogens is 2. The molecule has 1 aliphatic heterocycles. The molecule has 1 aromatic carbocycles. The molecule has 0 bridgehead atoms. The van der Waals surface area contributed by atoms with E-state index in [4.69, 9.17) is 16.7 Å². The van der Waals surface area contributed by atoms with Gasteiger partial charge in [-0.25, -0.2) is 14.4 Å². The SMILES string of the molecule is CC1CCc2ncnc(N3CCN(C(=O)C(CNC4CCCCC4)c4ccc(Cl)c(F)c4)CC3)c21.CO. The van der Waals surface area contributed by atoms with Gasteiger partial charge in [0.15, 0.2) is 0 Å². The highest BCUT2D eigenvalue weighted by molar-refractivity contribution is 6.30. The minimum atomic E-state index is -0.476. The Morgan fingerprint density at radius 2 is 1.86 bits per heavy atom. The molecule has 2 fully saturated rings. The number of anilines is 1. The number of nitrogens with zero attached hydrogens (tertiary/aromatic N) is 4. The first-order valence-corrected chi connectivity index (χ1v) is 13.9. The second-order valence-electron chi connectivity index (χ2n) is 10.3. The lowest BCUT2D eigenvalue weighted by atomic mass is 9.93. The van der Waals surface area contributed by atoms with Crippen LogP contribution in [-0.4, -0.2) is 71.8 Å². The average Bonchev–Trinajstić information content (AvgIpc) is 3.33. The second-order valence-corrected chi connectivity index (χ2v) is 10.7. The normalized spacial score (nSPS) is 20.7. The third-order valence-electron chi connectivity index (χ3n) is 8.00. The van der Waals surface area contributed by atoms with Crippen LogP contribution in [0.15, 0.2) is 24.5 Å². The van der Waals surface area contributed by atoms with E-state index >= 15 is 0 Å². The van der Waals surface area contributed by atoms with Gasteiger partial charge in [-0.2, -0.15) is 0 Å². The molecule has 1 aromatic heterocycles. The zero-order valence-electron chi connectivity index (χ0n) is 21.9. The van der Waals surface area contributed by atoms with Crippen LogP contribution in [0.3, 0.4) is 0 Å². The summed E-state index contributed by atoms with van der Waals surface area (Å²) in [6.07, 6.45) is 9.79. The molecule has 0 spiro atoms. The van der Waals surface area contributed by atoms with Crippen LogP contribution in [0, 0.1) is 5.82 Å². The van der Waals surface area contributed by atoms with Crippen molar-refractivity contribution < 1.29 is 14.3 Å². The molecule has 0 radical (unpaired) electrons. The van der Waals surface area contributed by atoms with E-state index in [2.05, 4.69) is 27.1 Å². The molecule has 37 heavy (non-hydrogen) atoms. The van der Waals surface area contributed by atoms with Gasteiger partial charge in [0.1, 0.15) is 18.0 Å². The largest absolute Gasteiger partial charge is 0.400 e. The van der Waals surface area contributed by atoms with E-state index in [9.17, 15) is 9.18 Å². The number of benzene rings is 1. The van der Waals surface area contributed by atoms with E-state index in [1.165, 1.54) is 36.6 Å². The van der Waals surface area contributed by atoms with Crippen molar-refractivity contribution in [3.63, 3.8) is 0 Å². The number of piperazine rings is 1. The minimum absolute atomic E-state index is 0.0518. The number of aliphatic hydroxyl groups is 1. The summed E-state index contributed by atoms with van der Waals surface area (Å²) in [5.41, 5.74) is 3.13. The van der Waals surface area contributed by atoms with Gasteiger partial charge in [0.25, 0.3) is 0 Å². The van der Waals surface area contributed by atoms with E-state index in [0.29, 0.717) is 37.2 Å². The standard InChI is InChI=1S/C27H35ClFN5O.CH4O/c1-18-7-10-24-25(18)26(32-17-31-24)33-11-13-34(14-12-33)27(35)21(16-30-20-5-3-2-4-6-20)19-8-9-22(28)23(29)15-19;1-2/h8-9,15,17-18,20-21,30H,2-7,10-14,16H2,1H3;2H,1H3. The summed E-state index contributed by atoms with van der Waals surface area (Å²) in [5, 5.41) is 10.7. The highest BCUT2D eigenvalue weighted by Gasteiger charge is 2.32. The Morgan fingerprint density at radius 3 is 2.57 bits per heavy atom. The molecule has 9 heteroatoms. The highest BCUT2D eigenvalue weighted by Crippen LogP contribution is 2.37. The van der Waals surface area contributed by atoms with Crippen LogP contribution in [0.5, 0.6) is 0 Å². The molecular weight excluding hydrogens is 493 g/mol. The molecule has 5 rings (SSSR count). The number of nitrogens with one attached hydrogen (secondary N) is 1. The van der Waals surface area contributed by atoms with Crippen LogP contribution in [0.25, 0.3) is 0 Å². The molecule has 2 aromatic rings. The number of carbonyl (C=O) groups excluding carboxylic acids is 1. The monoisotopic (exact) mass is 531 g/mol. The number of aromatic nitrogens is 2. The lowest BCUT2D eigenvalue weighted by Gasteiger charge is -2.38. The molecule has 202 valence electrons. The fourth-order valence-electron chi connectivity index (χ4n) is 5.90. The first-order valence-electron chi connectivity index (χ1n) is 13.5. The van der Waals surface area contributed by atoms with Gasteiger partial charge in [0, 0.05) is 57.1 Å². The molecule has 2 aliphatic carbocycles. The third-order valence-corrected chi connectivity index (χ3v) is 8.31. The maximum Gasteiger partial charge on any atom is 0.231 e. The maximum atomic E-state index is 14.3. The number of fused-ring (bicyclic) bond motifs is 1. The summed E-state index contributed by atoms with van der Waals surface area (Å²) in [7, 11) is 1.00. The molecule has 7 nitrogen and oxygen atoms in total. The van der Waals surface area contributed by atoms with Crippen LogP contribution in [-0.2, 0) is 11.2 Å². The van der Waals surface area contributed by atoms with Crippen LogP contribution < -0.4 is 10.2 Å². The Morgan fingerprint density at radius 1 is 1.14 bits per heavy atom. The molecule has 2 unspecified atom stereocenters. The molecule has 2 N–H and O–H groups in total.